The number of amides is 1. The molecule has 0 bridgehead atoms. The van der Waals surface area contributed by atoms with Gasteiger partial charge in [-0.05, 0) is 24.3 Å². The van der Waals surface area contributed by atoms with Crippen molar-refractivity contribution in [3.05, 3.63) is 53.6 Å². The van der Waals surface area contributed by atoms with Gasteiger partial charge in [0.2, 0.25) is 0 Å². The highest BCUT2D eigenvalue weighted by atomic mass is 16.5. The average molecular weight is 285 g/mol. The zero-order valence-electron chi connectivity index (χ0n) is 12.2. The van der Waals surface area contributed by atoms with Gasteiger partial charge in [-0.2, -0.15) is 0 Å². The SMILES string of the molecule is COc1ccccc1CN(C)C(=O)c1ccc(N)cc1N. The molecule has 0 spiro atoms. The third-order valence-electron chi connectivity index (χ3n) is 3.25. The summed E-state index contributed by atoms with van der Waals surface area (Å²) < 4.78 is 5.29. The first-order valence-corrected chi connectivity index (χ1v) is 6.55. The Labute approximate surface area is 124 Å². The molecule has 2 rings (SSSR count). The van der Waals surface area contributed by atoms with Gasteiger partial charge in [-0.15, -0.1) is 0 Å². The van der Waals surface area contributed by atoms with Crippen LogP contribution >= 0.6 is 0 Å². The molecule has 0 unspecified atom stereocenters. The lowest BCUT2D eigenvalue weighted by Gasteiger charge is -2.19. The molecule has 0 aliphatic heterocycles. The molecule has 0 aliphatic carbocycles. The van der Waals surface area contributed by atoms with Crippen molar-refractivity contribution in [1.82, 2.24) is 4.90 Å². The van der Waals surface area contributed by atoms with E-state index in [9.17, 15) is 4.79 Å². The minimum atomic E-state index is -0.154. The Bertz CT molecular complexity index is 656. The lowest BCUT2D eigenvalue weighted by atomic mass is 10.1. The van der Waals surface area contributed by atoms with E-state index in [0.717, 1.165) is 11.3 Å². The van der Waals surface area contributed by atoms with Crippen molar-refractivity contribution in [2.75, 3.05) is 25.6 Å². The number of nitrogen functional groups attached to an aromatic ring is 2. The Morgan fingerprint density at radius 2 is 1.90 bits per heavy atom. The Morgan fingerprint density at radius 3 is 2.57 bits per heavy atom. The first kappa shape index (κ1) is 14.7. The van der Waals surface area contributed by atoms with Gasteiger partial charge in [-0.3, -0.25) is 4.79 Å². The normalized spacial score (nSPS) is 10.2. The predicted molar refractivity (Wildman–Crippen MR) is 84.1 cm³/mol. The molecular formula is C16H19N3O2. The van der Waals surface area contributed by atoms with E-state index in [2.05, 4.69) is 0 Å². The number of ether oxygens (including phenoxy) is 1. The molecular weight excluding hydrogens is 266 g/mol. The Kier molecular flexibility index (Phi) is 4.33. The van der Waals surface area contributed by atoms with Crippen molar-refractivity contribution in [1.29, 1.82) is 0 Å². The summed E-state index contributed by atoms with van der Waals surface area (Å²) in [7, 11) is 3.34. The molecule has 0 aliphatic rings. The van der Waals surface area contributed by atoms with Gasteiger partial charge in [-0.25, -0.2) is 0 Å². The smallest absolute Gasteiger partial charge is 0.255 e. The monoisotopic (exact) mass is 285 g/mol. The first-order chi connectivity index (χ1) is 10.0. The maximum Gasteiger partial charge on any atom is 0.255 e. The highest BCUT2D eigenvalue weighted by molar-refractivity contribution is 5.99. The summed E-state index contributed by atoms with van der Waals surface area (Å²) in [4.78, 5) is 14.0. The molecule has 0 saturated heterocycles. The molecule has 0 atom stereocenters. The zero-order valence-corrected chi connectivity index (χ0v) is 12.2. The number of rotatable bonds is 4. The summed E-state index contributed by atoms with van der Waals surface area (Å²) in [5.74, 6) is 0.598. The molecule has 110 valence electrons. The van der Waals surface area contributed by atoms with Crippen LogP contribution in [-0.2, 0) is 6.54 Å². The van der Waals surface area contributed by atoms with Crippen LogP contribution in [-0.4, -0.2) is 25.0 Å². The second kappa shape index (κ2) is 6.17. The van der Waals surface area contributed by atoms with Crippen molar-refractivity contribution in [3.63, 3.8) is 0 Å². The van der Waals surface area contributed by atoms with Gasteiger partial charge in [0.25, 0.3) is 5.91 Å². The second-order valence-electron chi connectivity index (χ2n) is 4.82. The molecule has 4 N–H and O–H groups in total. The van der Waals surface area contributed by atoms with E-state index in [4.69, 9.17) is 16.2 Å². The summed E-state index contributed by atoms with van der Waals surface area (Å²) in [6, 6.07) is 12.5. The lowest BCUT2D eigenvalue weighted by molar-refractivity contribution is 0.0785. The molecule has 0 aromatic heterocycles. The van der Waals surface area contributed by atoms with Crippen LogP contribution in [0.15, 0.2) is 42.5 Å². The quantitative estimate of drug-likeness (QED) is 0.843. The number of carbonyl (C=O) groups is 1. The second-order valence-corrected chi connectivity index (χ2v) is 4.82. The van der Waals surface area contributed by atoms with Crippen molar-refractivity contribution < 1.29 is 9.53 Å². The third kappa shape index (κ3) is 3.25. The van der Waals surface area contributed by atoms with Crippen LogP contribution in [0.3, 0.4) is 0 Å². The molecule has 5 heteroatoms. The third-order valence-corrected chi connectivity index (χ3v) is 3.25. The number of para-hydroxylation sites is 1. The van der Waals surface area contributed by atoms with Crippen molar-refractivity contribution in [2.24, 2.45) is 0 Å². The minimum absolute atomic E-state index is 0.154. The molecule has 2 aromatic rings. The van der Waals surface area contributed by atoms with Crippen molar-refractivity contribution >= 4 is 17.3 Å². The largest absolute Gasteiger partial charge is 0.496 e. The Hall–Kier alpha value is -2.69. The number of benzene rings is 2. The van der Waals surface area contributed by atoms with E-state index in [-0.39, 0.29) is 5.91 Å². The van der Waals surface area contributed by atoms with Crippen LogP contribution in [0.1, 0.15) is 15.9 Å². The van der Waals surface area contributed by atoms with Gasteiger partial charge in [0.15, 0.2) is 0 Å². The van der Waals surface area contributed by atoms with E-state index < -0.39 is 0 Å². The van der Waals surface area contributed by atoms with E-state index in [1.54, 1.807) is 37.3 Å². The van der Waals surface area contributed by atoms with Crippen LogP contribution in [0.2, 0.25) is 0 Å². The van der Waals surface area contributed by atoms with E-state index in [0.29, 0.717) is 23.5 Å². The van der Waals surface area contributed by atoms with Gasteiger partial charge in [0.1, 0.15) is 5.75 Å². The first-order valence-electron chi connectivity index (χ1n) is 6.55. The van der Waals surface area contributed by atoms with Crippen LogP contribution in [0.5, 0.6) is 5.75 Å². The minimum Gasteiger partial charge on any atom is -0.496 e. The van der Waals surface area contributed by atoms with E-state index in [1.807, 2.05) is 24.3 Å². The fourth-order valence-corrected chi connectivity index (χ4v) is 2.14. The van der Waals surface area contributed by atoms with Gasteiger partial charge < -0.3 is 21.1 Å². The summed E-state index contributed by atoms with van der Waals surface area (Å²) >= 11 is 0. The molecule has 1 amide bonds. The molecule has 5 nitrogen and oxygen atoms in total. The maximum atomic E-state index is 12.4. The van der Waals surface area contributed by atoms with Crippen molar-refractivity contribution in [3.8, 4) is 5.75 Å². The van der Waals surface area contributed by atoms with Crippen LogP contribution < -0.4 is 16.2 Å². The number of hydrogen-bond acceptors (Lipinski definition) is 4. The van der Waals surface area contributed by atoms with Crippen molar-refractivity contribution in [2.45, 2.75) is 6.54 Å². The van der Waals surface area contributed by atoms with Gasteiger partial charge in [0.05, 0.1) is 12.7 Å². The number of nitrogens with zero attached hydrogens (tertiary/aromatic N) is 1. The summed E-state index contributed by atoms with van der Waals surface area (Å²) in [5, 5.41) is 0. The molecule has 2 aromatic carbocycles. The standard InChI is InChI=1S/C16H19N3O2/c1-19(10-11-5-3-4-6-15(11)21-2)16(20)13-8-7-12(17)9-14(13)18/h3-9H,10,17-18H2,1-2H3. The lowest BCUT2D eigenvalue weighted by Crippen LogP contribution is -2.27. The Morgan fingerprint density at radius 1 is 1.19 bits per heavy atom. The topological polar surface area (TPSA) is 81.6 Å². The number of hydrogen-bond donors (Lipinski definition) is 2. The average Bonchev–Trinajstić information content (AvgIpc) is 2.47. The van der Waals surface area contributed by atoms with E-state index >= 15 is 0 Å². The highest BCUT2D eigenvalue weighted by Gasteiger charge is 2.16. The van der Waals surface area contributed by atoms with Gasteiger partial charge in [0, 0.05) is 30.5 Å². The summed E-state index contributed by atoms with van der Waals surface area (Å²) in [5.41, 5.74) is 13.8. The number of nitrogens with two attached hydrogens (primary N) is 2. The summed E-state index contributed by atoms with van der Waals surface area (Å²) in [6.45, 7) is 0.437. The molecule has 0 radical (unpaired) electrons. The zero-order chi connectivity index (χ0) is 15.4. The molecule has 21 heavy (non-hydrogen) atoms. The molecule has 0 fully saturated rings. The number of anilines is 2. The fraction of sp³-hybridized carbons (Fsp3) is 0.188. The summed E-state index contributed by atoms with van der Waals surface area (Å²) in [6.07, 6.45) is 0. The predicted octanol–water partition coefficient (Wildman–Crippen LogP) is 2.13. The van der Waals surface area contributed by atoms with Crippen LogP contribution in [0, 0.1) is 0 Å². The number of methoxy groups -OCH3 is 1. The maximum absolute atomic E-state index is 12.4. The van der Waals surface area contributed by atoms with Gasteiger partial charge in [-0.1, -0.05) is 18.2 Å². The highest BCUT2D eigenvalue weighted by Crippen LogP contribution is 2.21. The fourth-order valence-electron chi connectivity index (χ4n) is 2.14. The van der Waals surface area contributed by atoms with Crippen LogP contribution in [0.25, 0.3) is 0 Å². The van der Waals surface area contributed by atoms with Gasteiger partial charge >= 0.3 is 0 Å². The van der Waals surface area contributed by atoms with E-state index in [1.165, 1.54) is 0 Å². The molecule has 0 heterocycles. The Balaban J connectivity index is 2.19. The number of carbonyl (C=O) groups excluding carboxylic acids is 1. The van der Waals surface area contributed by atoms with Crippen LogP contribution in [0.4, 0.5) is 11.4 Å². The molecule has 0 saturated carbocycles.